The first-order valence-corrected chi connectivity index (χ1v) is 9.26. The van der Waals surface area contributed by atoms with Gasteiger partial charge >= 0.3 is 0 Å². The molecule has 0 spiro atoms. The van der Waals surface area contributed by atoms with E-state index < -0.39 is 0 Å². The van der Waals surface area contributed by atoms with E-state index in [9.17, 15) is 5.11 Å². The Bertz CT molecular complexity index is 710. The second-order valence-corrected chi connectivity index (χ2v) is 7.03. The SMILES string of the molecule is OCc1ccc2ncnc(N[C@H]3CC[C@H](N4CCOCC4)CC3)c2c1. The molecule has 0 atom stereocenters. The molecule has 134 valence electrons. The van der Waals surface area contributed by atoms with E-state index in [4.69, 9.17) is 4.74 Å². The third-order valence-electron chi connectivity index (χ3n) is 5.48. The Hall–Kier alpha value is -1.76. The molecule has 25 heavy (non-hydrogen) atoms. The number of nitrogens with one attached hydrogen (secondary N) is 1. The van der Waals surface area contributed by atoms with E-state index >= 15 is 0 Å². The number of nitrogens with zero attached hydrogens (tertiary/aromatic N) is 3. The molecule has 2 N–H and O–H groups in total. The first kappa shape index (κ1) is 16.7. The molecule has 6 heteroatoms. The molecule has 1 saturated heterocycles. The molecule has 0 unspecified atom stereocenters. The molecule has 1 aromatic heterocycles. The fourth-order valence-corrected chi connectivity index (χ4v) is 4.04. The summed E-state index contributed by atoms with van der Waals surface area (Å²) >= 11 is 0. The van der Waals surface area contributed by atoms with Crippen molar-refractivity contribution >= 4 is 16.7 Å². The van der Waals surface area contributed by atoms with Crippen LogP contribution in [0.2, 0.25) is 0 Å². The smallest absolute Gasteiger partial charge is 0.137 e. The van der Waals surface area contributed by atoms with Gasteiger partial charge in [0.15, 0.2) is 0 Å². The lowest BCUT2D eigenvalue weighted by Crippen LogP contribution is -2.46. The third-order valence-corrected chi connectivity index (χ3v) is 5.48. The van der Waals surface area contributed by atoms with Crippen LogP contribution in [0.15, 0.2) is 24.5 Å². The molecule has 1 saturated carbocycles. The number of aliphatic hydroxyl groups excluding tert-OH is 1. The molecule has 0 bridgehead atoms. The molecule has 6 nitrogen and oxygen atoms in total. The second kappa shape index (κ2) is 7.64. The Labute approximate surface area is 148 Å². The summed E-state index contributed by atoms with van der Waals surface area (Å²) in [6, 6.07) is 6.99. The number of ether oxygens (including phenoxy) is 1. The molecule has 1 aromatic carbocycles. The Kier molecular flexibility index (Phi) is 5.10. The van der Waals surface area contributed by atoms with Crippen LogP contribution in [0.4, 0.5) is 5.82 Å². The van der Waals surface area contributed by atoms with E-state index in [0.717, 1.165) is 61.4 Å². The van der Waals surface area contributed by atoms with Gasteiger partial charge in [-0.15, -0.1) is 0 Å². The van der Waals surface area contributed by atoms with Crippen LogP contribution >= 0.6 is 0 Å². The quantitative estimate of drug-likeness (QED) is 0.887. The number of hydrogen-bond donors (Lipinski definition) is 2. The number of morpholine rings is 1. The van der Waals surface area contributed by atoms with Crippen molar-refractivity contribution in [2.45, 2.75) is 44.4 Å². The van der Waals surface area contributed by atoms with Gasteiger partial charge in [-0.05, 0) is 43.4 Å². The highest BCUT2D eigenvalue weighted by Gasteiger charge is 2.27. The van der Waals surface area contributed by atoms with Crippen LogP contribution in [0.5, 0.6) is 0 Å². The number of fused-ring (bicyclic) bond motifs is 1. The van der Waals surface area contributed by atoms with E-state index in [1.54, 1.807) is 6.33 Å². The Morgan fingerprint density at radius 2 is 1.92 bits per heavy atom. The Balaban J connectivity index is 1.42. The van der Waals surface area contributed by atoms with E-state index in [0.29, 0.717) is 12.1 Å². The van der Waals surface area contributed by atoms with E-state index in [2.05, 4.69) is 20.2 Å². The zero-order valence-electron chi connectivity index (χ0n) is 14.5. The summed E-state index contributed by atoms with van der Waals surface area (Å²) in [5, 5.41) is 14.0. The van der Waals surface area contributed by atoms with Gasteiger partial charge in [0.2, 0.25) is 0 Å². The fraction of sp³-hybridized carbons (Fsp3) is 0.579. The molecule has 2 heterocycles. The number of aromatic nitrogens is 2. The maximum Gasteiger partial charge on any atom is 0.137 e. The van der Waals surface area contributed by atoms with Crippen LogP contribution in [-0.2, 0) is 11.3 Å². The van der Waals surface area contributed by atoms with Crippen molar-refractivity contribution in [3.63, 3.8) is 0 Å². The monoisotopic (exact) mass is 342 g/mol. The minimum atomic E-state index is 0.0366. The molecule has 1 aliphatic heterocycles. The minimum Gasteiger partial charge on any atom is -0.392 e. The molecule has 4 rings (SSSR count). The molecular weight excluding hydrogens is 316 g/mol. The topological polar surface area (TPSA) is 70.5 Å². The lowest BCUT2D eigenvalue weighted by Gasteiger charge is -2.39. The average molecular weight is 342 g/mol. The van der Waals surface area contributed by atoms with Crippen LogP contribution in [0.25, 0.3) is 10.9 Å². The summed E-state index contributed by atoms with van der Waals surface area (Å²) in [5.74, 6) is 0.884. The normalized spacial score (nSPS) is 25.2. The number of rotatable bonds is 4. The number of anilines is 1. The molecule has 0 amide bonds. The van der Waals surface area contributed by atoms with E-state index in [-0.39, 0.29) is 6.61 Å². The third kappa shape index (κ3) is 3.76. The number of benzene rings is 1. The van der Waals surface area contributed by atoms with Gasteiger partial charge in [-0.2, -0.15) is 0 Å². The van der Waals surface area contributed by atoms with Gasteiger partial charge < -0.3 is 15.2 Å². The zero-order valence-corrected chi connectivity index (χ0v) is 14.5. The van der Waals surface area contributed by atoms with Crippen molar-refractivity contribution in [2.24, 2.45) is 0 Å². The predicted molar refractivity (Wildman–Crippen MR) is 97.5 cm³/mol. The van der Waals surface area contributed by atoms with Crippen molar-refractivity contribution in [1.82, 2.24) is 14.9 Å². The standard InChI is InChI=1S/C19H26N4O2/c24-12-14-1-6-18-17(11-14)19(21-13-20-18)22-15-2-4-16(5-3-15)23-7-9-25-10-8-23/h1,6,11,13,15-16,24H,2-5,7-10,12H2,(H,20,21,22)/t15-,16-. The van der Waals surface area contributed by atoms with Crippen LogP contribution < -0.4 is 5.32 Å². The first-order valence-electron chi connectivity index (χ1n) is 9.26. The first-order chi connectivity index (χ1) is 12.3. The summed E-state index contributed by atoms with van der Waals surface area (Å²) < 4.78 is 5.46. The van der Waals surface area contributed by atoms with Crippen molar-refractivity contribution in [2.75, 3.05) is 31.6 Å². The highest BCUT2D eigenvalue weighted by Crippen LogP contribution is 2.28. The van der Waals surface area contributed by atoms with Gasteiger partial charge in [0.05, 0.1) is 25.3 Å². The fourth-order valence-electron chi connectivity index (χ4n) is 4.04. The van der Waals surface area contributed by atoms with Crippen molar-refractivity contribution in [3.8, 4) is 0 Å². The summed E-state index contributed by atoms with van der Waals surface area (Å²) in [6.45, 7) is 3.93. The van der Waals surface area contributed by atoms with Crippen LogP contribution in [0.3, 0.4) is 0 Å². The van der Waals surface area contributed by atoms with Gasteiger partial charge in [0.1, 0.15) is 12.1 Å². The number of aliphatic hydroxyl groups is 1. The highest BCUT2D eigenvalue weighted by atomic mass is 16.5. The summed E-state index contributed by atoms with van der Waals surface area (Å²) in [4.78, 5) is 11.4. The molecule has 0 radical (unpaired) electrons. The second-order valence-electron chi connectivity index (χ2n) is 7.03. The maximum atomic E-state index is 9.39. The zero-order chi connectivity index (χ0) is 17.1. The lowest BCUT2D eigenvalue weighted by molar-refractivity contribution is 0.00791. The highest BCUT2D eigenvalue weighted by molar-refractivity contribution is 5.89. The van der Waals surface area contributed by atoms with Gasteiger partial charge in [-0.1, -0.05) is 6.07 Å². The Morgan fingerprint density at radius 3 is 2.68 bits per heavy atom. The van der Waals surface area contributed by atoms with Crippen molar-refractivity contribution in [3.05, 3.63) is 30.1 Å². The van der Waals surface area contributed by atoms with Crippen LogP contribution in [0.1, 0.15) is 31.2 Å². The van der Waals surface area contributed by atoms with Gasteiger partial charge in [-0.25, -0.2) is 9.97 Å². The number of hydrogen-bond acceptors (Lipinski definition) is 6. The molecule has 1 aliphatic carbocycles. The summed E-state index contributed by atoms with van der Waals surface area (Å²) in [6.07, 6.45) is 6.38. The average Bonchev–Trinajstić information content (AvgIpc) is 2.69. The van der Waals surface area contributed by atoms with Crippen LogP contribution in [-0.4, -0.2) is 58.4 Å². The largest absolute Gasteiger partial charge is 0.392 e. The van der Waals surface area contributed by atoms with Gasteiger partial charge in [0.25, 0.3) is 0 Å². The van der Waals surface area contributed by atoms with Crippen LogP contribution in [0, 0.1) is 0 Å². The van der Waals surface area contributed by atoms with Crippen molar-refractivity contribution < 1.29 is 9.84 Å². The lowest BCUT2D eigenvalue weighted by atomic mass is 9.90. The maximum absolute atomic E-state index is 9.39. The minimum absolute atomic E-state index is 0.0366. The summed E-state index contributed by atoms with van der Waals surface area (Å²) in [7, 11) is 0. The van der Waals surface area contributed by atoms with E-state index in [1.807, 2.05) is 18.2 Å². The van der Waals surface area contributed by atoms with Gasteiger partial charge in [0, 0.05) is 30.6 Å². The molecule has 2 fully saturated rings. The van der Waals surface area contributed by atoms with E-state index in [1.165, 1.54) is 12.8 Å². The molecular formula is C19H26N4O2. The molecule has 2 aliphatic rings. The molecule has 2 aromatic rings. The van der Waals surface area contributed by atoms with Crippen molar-refractivity contribution in [1.29, 1.82) is 0 Å². The Morgan fingerprint density at radius 1 is 1.12 bits per heavy atom. The van der Waals surface area contributed by atoms with Gasteiger partial charge in [-0.3, -0.25) is 4.90 Å². The summed E-state index contributed by atoms with van der Waals surface area (Å²) in [5.41, 5.74) is 1.80. The predicted octanol–water partition coefficient (Wildman–Crippen LogP) is 2.18.